The molecule has 24 heavy (non-hydrogen) atoms. The van der Waals surface area contributed by atoms with Crippen molar-refractivity contribution in [3.05, 3.63) is 71.8 Å². The van der Waals surface area contributed by atoms with E-state index < -0.39 is 5.34 Å². The van der Waals surface area contributed by atoms with E-state index in [1.165, 1.54) is 0 Å². The van der Waals surface area contributed by atoms with Crippen molar-refractivity contribution in [2.75, 3.05) is 0 Å². The maximum atomic E-state index is 6.57. The van der Waals surface area contributed by atoms with Gasteiger partial charge in [0.2, 0.25) is 0 Å². The van der Waals surface area contributed by atoms with Crippen LogP contribution in [0.2, 0.25) is 0 Å². The van der Waals surface area contributed by atoms with Crippen molar-refractivity contribution in [3.63, 3.8) is 0 Å². The zero-order chi connectivity index (χ0) is 17.6. The monoisotopic (exact) mass is 381 g/mol. The van der Waals surface area contributed by atoms with Crippen LogP contribution in [0, 0.1) is 0 Å². The highest BCUT2D eigenvalue weighted by atomic mass is 35.7. The molecule has 2 atom stereocenters. The fourth-order valence-corrected chi connectivity index (χ4v) is 5.43. The maximum absolute atomic E-state index is 6.57. The number of hydrogen-bond donors (Lipinski definition) is 0. The lowest BCUT2D eigenvalue weighted by molar-refractivity contribution is 0.202. The van der Waals surface area contributed by atoms with Crippen LogP contribution in [0.15, 0.2) is 60.7 Å². The lowest BCUT2D eigenvalue weighted by atomic mass is 10.0. The molecule has 2 aromatic carbocycles. The van der Waals surface area contributed by atoms with E-state index in [2.05, 4.69) is 56.6 Å². The smallest absolute Gasteiger partial charge is 0.153 e. The topological polar surface area (TPSA) is 12.5 Å². The first-order chi connectivity index (χ1) is 11.5. The van der Waals surface area contributed by atoms with Gasteiger partial charge in [-0.2, -0.15) is 0 Å². The number of halogens is 1. The van der Waals surface area contributed by atoms with Crippen LogP contribution in [-0.2, 0) is 9.87 Å². The van der Waals surface area contributed by atoms with Crippen molar-refractivity contribution in [3.8, 4) is 0 Å². The van der Waals surface area contributed by atoms with Gasteiger partial charge in [-0.25, -0.2) is 0 Å². The highest BCUT2D eigenvalue weighted by molar-refractivity contribution is 7.69. The van der Waals surface area contributed by atoms with E-state index >= 15 is 0 Å². The summed E-state index contributed by atoms with van der Waals surface area (Å²) in [6.07, 6.45) is 0. The Hall–Kier alpha value is -0.490. The summed E-state index contributed by atoms with van der Waals surface area (Å²) >= 11 is 6.52. The van der Waals surface area contributed by atoms with Crippen LogP contribution in [0.4, 0.5) is 0 Å². The summed E-state index contributed by atoms with van der Waals surface area (Å²) in [6, 6.07) is 21.4. The highest BCUT2D eigenvalue weighted by Gasteiger charge is 2.36. The van der Waals surface area contributed by atoms with E-state index in [1.807, 2.05) is 36.4 Å². The Bertz CT molecular complexity index is 560. The molecule has 130 valence electrons. The van der Waals surface area contributed by atoms with E-state index in [0.29, 0.717) is 12.1 Å². The molecule has 0 radical (unpaired) electrons. The predicted octanol–water partition coefficient (Wildman–Crippen LogP) is 6.36. The van der Waals surface area contributed by atoms with Gasteiger partial charge in [-0.15, -0.1) is 0 Å². The molecule has 0 saturated carbocycles. The van der Waals surface area contributed by atoms with E-state index in [-0.39, 0.29) is 16.9 Å². The lowest BCUT2D eigenvalue weighted by Crippen LogP contribution is -2.32. The summed E-state index contributed by atoms with van der Waals surface area (Å²) in [5.74, 6) is 0. The highest BCUT2D eigenvalue weighted by Crippen LogP contribution is 2.54. The van der Waals surface area contributed by atoms with Crippen molar-refractivity contribution in [1.29, 1.82) is 0 Å². The number of nitrogens with zero attached hydrogens (tertiary/aromatic N) is 1. The van der Waals surface area contributed by atoms with E-state index in [1.54, 1.807) is 0 Å². The summed E-state index contributed by atoms with van der Waals surface area (Å²) in [7, 11) is 0.340. The Balaban J connectivity index is 2.40. The predicted molar refractivity (Wildman–Crippen MR) is 109 cm³/mol. The molecule has 0 saturated heterocycles. The second-order valence-electron chi connectivity index (χ2n) is 6.30. The number of rotatable bonds is 8. The molecule has 0 fully saturated rings. The number of hydrogen-bond acceptors (Lipinski definition) is 2. The Labute approximate surface area is 154 Å². The van der Waals surface area contributed by atoms with Crippen molar-refractivity contribution in [2.45, 2.75) is 45.1 Å². The van der Waals surface area contributed by atoms with Gasteiger partial charge < -0.3 is 4.52 Å². The quantitative estimate of drug-likeness (QED) is 0.493. The standard InChI is InChI=1S/C19H26ClNOP2/c1-15(2)21(16(3)4)24-22-19(23-20,17-11-7-5-8-12-17)18-13-9-6-10-14-18/h5-16,23-24H,1-4H3. The van der Waals surface area contributed by atoms with Crippen molar-refractivity contribution in [1.82, 2.24) is 4.67 Å². The second-order valence-corrected chi connectivity index (χ2v) is 8.66. The summed E-state index contributed by atoms with van der Waals surface area (Å²) in [4.78, 5) is 0. The zero-order valence-corrected chi connectivity index (χ0v) is 17.4. The Morgan fingerprint density at radius 2 is 1.25 bits per heavy atom. The average Bonchev–Trinajstić information content (AvgIpc) is 2.60. The van der Waals surface area contributed by atoms with Gasteiger partial charge >= 0.3 is 0 Å². The molecule has 2 nitrogen and oxygen atoms in total. The molecule has 5 heteroatoms. The lowest BCUT2D eigenvalue weighted by Gasteiger charge is -2.37. The third kappa shape index (κ3) is 4.57. The van der Waals surface area contributed by atoms with Crippen LogP contribution in [0.1, 0.15) is 38.8 Å². The first-order valence-electron chi connectivity index (χ1n) is 8.22. The molecule has 2 rings (SSSR count). The van der Waals surface area contributed by atoms with Crippen LogP contribution in [-0.4, -0.2) is 16.8 Å². The van der Waals surface area contributed by atoms with Crippen LogP contribution in [0.5, 0.6) is 0 Å². The molecule has 2 aromatic rings. The van der Waals surface area contributed by atoms with E-state index in [9.17, 15) is 0 Å². The SMILES string of the molecule is CC(C)N(POC(PCl)(c1ccccc1)c1ccccc1)C(C)C. The minimum Gasteiger partial charge on any atom is -0.325 e. The first kappa shape index (κ1) is 19.8. The van der Waals surface area contributed by atoms with Gasteiger partial charge in [0.05, 0.1) is 8.96 Å². The normalized spacial score (nSPS) is 13.3. The minimum atomic E-state index is -0.607. The summed E-state index contributed by atoms with van der Waals surface area (Å²) < 4.78 is 8.93. The molecule has 0 spiro atoms. The van der Waals surface area contributed by atoms with E-state index in [4.69, 9.17) is 15.8 Å². The van der Waals surface area contributed by atoms with Crippen LogP contribution in [0.3, 0.4) is 0 Å². The van der Waals surface area contributed by atoms with Crippen LogP contribution >= 0.6 is 28.1 Å². The van der Waals surface area contributed by atoms with Crippen molar-refractivity contribution >= 4 is 28.1 Å². The van der Waals surface area contributed by atoms with Crippen molar-refractivity contribution in [2.24, 2.45) is 0 Å². The van der Waals surface area contributed by atoms with Crippen molar-refractivity contribution < 1.29 is 4.52 Å². The zero-order valence-electron chi connectivity index (χ0n) is 14.7. The fourth-order valence-electron chi connectivity index (χ4n) is 2.69. The van der Waals surface area contributed by atoms with Gasteiger partial charge in [0.25, 0.3) is 0 Å². The van der Waals surface area contributed by atoms with E-state index in [0.717, 1.165) is 11.1 Å². The first-order valence-corrected chi connectivity index (χ1v) is 11.1. The third-order valence-electron chi connectivity index (χ3n) is 3.91. The molecule has 0 aliphatic rings. The molecule has 2 unspecified atom stereocenters. The third-order valence-corrected chi connectivity index (χ3v) is 7.50. The number of benzene rings is 2. The Morgan fingerprint density at radius 1 is 0.833 bits per heavy atom. The summed E-state index contributed by atoms with van der Waals surface area (Å²) in [6.45, 7) is 8.80. The molecule has 0 N–H and O–H groups in total. The Morgan fingerprint density at radius 3 is 1.58 bits per heavy atom. The van der Waals surface area contributed by atoms with Gasteiger partial charge in [0, 0.05) is 20.0 Å². The van der Waals surface area contributed by atoms with Crippen LogP contribution in [0.25, 0.3) is 0 Å². The largest absolute Gasteiger partial charge is 0.325 e. The average molecular weight is 382 g/mol. The van der Waals surface area contributed by atoms with Gasteiger partial charge in [-0.1, -0.05) is 71.9 Å². The molecule has 0 bridgehead atoms. The second kappa shape index (κ2) is 9.27. The molecular weight excluding hydrogens is 356 g/mol. The fraction of sp³-hybridized carbons (Fsp3) is 0.368. The van der Waals surface area contributed by atoms with Gasteiger partial charge in [0.1, 0.15) is 0 Å². The molecular formula is C19H26ClNOP2. The van der Waals surface area contributed by atoms with Gasteiger partial charge in [-0.3, -0.25) is 4.67 Å². The molecule has 0 amide bonds. The van der Waals surface area contributed by atoms with Gasteiger partial charge in [-0.05, 0) is 38.8 Å². The Kier molecular flexibility index (Phi) is 7.66. The van der Waals surface area contributed by atoms with Gasteiger partial charge in [0.15, 0.2) is 5.34 Å². The molecule has 0 aliphatic carbocycles. The summed E-state index contributed by atoms with van der Waals surface area (Å²) in [5.41, 5.74) is 2.20. The molecule has 0 aliphatic heterocycles. The molecule has 0 heterocycles. The summed E-state index contributed by atoms with van der Waals surface area (Å²) in [5, 5.41) is -0.607. The minimum absolute atomic E-state index is 0.0910. The molecule has 0 aromatic heterocycles. The maximum Gasteiger partial charge on any atom is 0.153 e. The van der Waals surface area contributed by atoms with Crippen LogP contribution < -0.4 is 0 Å².